The topological polar surface area (TPSA) is 39.4 Å². The van der Waals surface area contributed by atoms with E-state index in [1.165, 1.54) is 60.7 Å². The van der Waals surface area contributed by atoms with Crippen molar-refractivity contribution in [3.63, 3.8) is 0 Å². The van der Waals surface area contributed by atoms with Crippen molar-refractivity contribution < 1.29 is 27.1 Å². The Morgan fingerprint density at radius 2 is 1.79 bits per heavy atom. The number of allylic oxidation sites excluding steroid dienone is 1. The molecule has 0 spiro atoms. The SMILES string of the molecule is O=C(C=Cc1ccc(-c2ccccc2OC(F)(F)F)o1)c1ccc(Cl)cc1Cl. The average Bonchev–Trinajstić information content (AvgIpc) is 3.07. The van der Waals surface area contributed by atoms with Gasteiger partial charge in [0.1, 0.15) is 17.3 Å². The van der Waals surface area contributed by atoms with E-state index in [1.54, 1.807) is 6.07 Å². The zero-order valence-electron chi connectivity index (χ0n) is 14.0. The third-order valence-electron chi connectivity index (χ3n) is 3.60. The van der Waals surface area contributed by atoms with E-state index in [9.17, 15) is 18.0 Å². The van der Waals surface area contributed by atoms with Crippen molar-refractivity contribution in [1.29, 1.82) is 0 Å². The second kappa shape index (κ2) is 8.12. The summed E-state index contributed by atoms with van der Waals surface area (Å²) in [4.78, 5) is 12.2. The van der Waals surface area contributed by atoms with Crippen molar-refractivity contribution in [1.82, 2.24) is 0 Å². The number of rotatable bonds is 5. The normalized spacial score (nSPS) is 11.8. The fraction of sp³-hybridized carbons (Fsp3) is 0.0500. The van der Waals surface area contributed by atoms with Gasteiger partial charge in [0.25, 0.3) is 0 Å². The highest BCUT2D eigenvalue weighted by molar-refractivity contribution is 6.37. The number of ketones is 1. The lowest BCUT2D eigenvalue weighted by Crippen LogP contribution is -2.17. The molecule has 2 aromatic carbocycles. The Labute approximate surface area is 167 Å². The Hall–Kier alpha value is -2.70. The van der Waals surface area contributed by atoms with Crippen LogP contribution in [-0.4, -0.2) is 12.1 Å². The van der Waals surface area contributed by atoms with Gasteiger partial charge in [0, 0.05) is 10.6 Å². The van der Waals surface area contributed by atoms with Crippen LogP contribution < -0.4 is 4.74 Å². The quantitative estimate of drug-likeness (QED) is 0.324. The maximum atomic E-state index is 12.6. The number of halogens is 5. The minimum atomic E-state index is -4.82. The Bertz CT molecular complexity index is 1040. The van der Waals surface area contributed by atoms with E-state index in [2.05, 4.69) is 4.74 Å². The highest BCUT2D eigenvalue weighted by Gasteiger charge is 2.32. The monoisotopic (exact) mass is 426 g/mol. The Morgan fingerprint density at radius 1 is 1.04 bits per heavy atom. The summed E-state index contributed by atoms with van der Waals surface area (Å²) in [7, 11) is 0. The van der Waals surface area contributed by atoms with E-state index in [-0.39, 0.29) is 39.2 Å². The lowest BCUT2D eigenvalue weighted by atomic mass is 10.1. The molecule has 0 unspecified atom stereocenters. The van der Waals surface area contributed by atoms with Crippen molar-refractivity contribution in [2.45, 2.75) is 6.36 Å². The molecule has 0 saturated carbocycles. The summed E-state index contributed by atoms with van der Waals surface area (Å²) in [5.41, 5.74) is 0.393. The minimum Gasteiger partial charge on any atom is -0.457 e. The van der Waals surface area contributed by atoms with Crippen molar-refractivity contribution in [2.24, 2.45) is 0 Å². The zero-order valence-corrected chi connectivity index (χ0v) is 15.5. The Kier molecular flexibility index (Phi) is 5.82. The van der Waals surface area contributed by atoms with Gasteiger partial charge in [0.05, 0.1) is 10.6 Å². The standard InChI is InChI=1S/C20H11Cl2F3O3/c21-12-5-8-14(16(22)11-12)17(26)9-6-13-7-10-18(27-13)15-3-1-2-4-19(15)28-20(23,24)25/h1-11H. The summed E-state index contributed by atoms with van der Waals surface area (Å²) >= 11 is 11.8. The van der Waals surface area contributed by atoms with Crippen molar-refractivity contribution >= 4 is 35.1 Å². The maximum absolute atomic E-state index is 12.6. The molecule has 1 aromatic heterocycles. The predicted octanol–water partition coefficient (Wildman–Crippen LogP) is 7.05. The molecule has 0 aliphatic heterocycles. The van der Waals surface area contributed by atoms with Crippen LogP contribution in [0.2, 0.25) is 10.0 Å². The first-order valence-corrected chi connectivity index (χ1v) is 8.61. The number of hydrogen-bond donors (Lipinski definition) is 0. The van der Waals surface area contributed by atoms with Gasteiger partial charge in [-0.15, -0.1) is 13.2 Å². The predicted molar refractivity (Wildman–Crippen MR) is 101 cm³/mol. The summed E-state index contributed by atoms with van der Waals surface area (Å²) in [5, 5.41) is 0.612. The molecule has 3 nitrogen and oxygen atoms in total. The van der Waals surface area contributed by atoms with Crippen LogP contribution in [0.15, 0.2) is 65.1 Å². The molecule has 3 rings (SSSR count). The van der Waals surface area contributed by atoms with Crippen LogP contribution in [0.4, 0.5) is 13.2 Å². The second-order valence-corrected chi connectivity index (χ2v) is 6.41. The third kappa shape index (κ3) is 4.97. The van der Waals surface area contributed by atoms with Gasteiger partial charge in [0.2, 0.25) is 0 Å². The van der Waals surface area contributed by atoms with Gasteiger partial charge in [-0.2, -0.15) is 0 Å². The van der Waals surface area contributed by atoms with Crippen LogP contribution in [0, 0.1) is 0 Å². The van der Waals surface area contributed by atoms with E-state index in [0.717, 1.165) is 0 Å². The lowest BCUT2D eigenvalue weighted by Gasteiger charge is -2.11. The molecule has 0 saturated heterocycles. The fourth-order valence-electron chi connectivity index (χ4n) is 2.41. The fourth-order valence-corrected chi connectivity index (χ4v) is 2.91. The average molecular weight is 427 g/mol. The van der Waals surface area contributed by atoms with Crippen molar-refractivity contribution in [2.75, 3.05) is 0 Å². The van der Waals surface area contributed by atoms with Crippen LogP contribution >= 0.6 is 23.2 Å². The molecule has 1 heterocycles. The molecule has 144 valence electrons. The number of carbonyl (C=O) groups is 1. The van der Waals surface area contributed by atoms with Crippen LogP contribution in [0.25, 0.3) is 17.4 Å². The van der Waals surface area contributed by atoms with Gasteiger partial charge in [-0.3, -0.25) is 4.79 Å². The first-order valence-electron chi connectivity index (χ1n) is 7.85. The highest BCUT2D eigenvalue weighted by atomic mass is 35.5. The van der Waals surface area contributed by atoms with Crippen LogP contribution in [0.3, 0.4) is 0 Å². The summed E-state index contributed by atoms with van der Waals surface area (Å²) in [6, 6.07) is 13.1. The third-order valence-corrected chi connectivity index (χ3v) is 4.15. The van der Waals surface area contributed by atoms with Gasteiger partial charge in [0.15, 0.2) is 5.78 Å². The smallest absolute Gasteiger partial charge is 0.457 e. The summed E-state index contributed by atoms with van der Waals surface area (Å²) in [6.45, 7) is 0. The van der Waals surface area contributed by atoms with E-state index in [4.69, 9.17) is 27.6 Å². The maximum Gasteiger partial charge on any atom is 0.573 e. The number of carbonyl (C=O) groups excluding carboxylic acids is 1. The molecule has 0 bridgehead atoms. The molecule has 0 amide bonds. The molecule has 0 aliphatic rings. The van der Waals surface area contributed by atoms with Crippen molar-refractivity contribution in [3.8, 4) is 17.1 Å². The van der Waals surface area contributed by atoms with E-state index >= 15 is 0 Å². The van der Waals surface area contributed by atoms with E-state index in [1.807, 2.05) is 0 Å². The number of alkyl halides is 3. The Balaban J connectivity index is 1.81. The first kappa shape index (κ1) is 20.0. The number of para-hydroxylation sites is 1. The van der Waals surface area contributed by atoms with Gasteiger partial charge < -0.3 is 9.15 Å². The largest absolute Gasteiger partial charge is 0.573 e. The summed E-state index contributed by atoms with van der Waals surface area (Å²) < 4.78 is 47.2. The molecule has 0 aliphatic carbocycles. The van der Waals surface area contributed by atoms with E-state index in [0.29, 0.717) is 5.02 Å². The van der Waals surface area contributed by atoms with Crippen LogP contribution in [0.5, 0.6) is 5.75 Å². The number of hydrogen-bond acceptors (Lipinski definition) is 3. The molecule has 28 heavy (non-hydrogen) atoms. The highest BCUT2D eigenvalue weighted by Crippen LogP contribution is 2.34. The number of furan rings is 1. The first-order chi connectivity index (χ1) is 13.2. The van der Waals surface area contributed by atoms with Crippen molar-refractivity contribution in [3.05, 3.63) is 82.0 Å². The molecule has 0 N–H and O–H groups in total. The number of benzene rings is 2. The molecule has 0 radical (unpaired) electrons. The van der Waals surface area contributed by atoms with Gasteiger partial charge in [-0.1, -0.05) is 35.3 Å². The molecule has 8 heteroatoms. The molecule has 0 atom stereocenters. The zero-order chi connectivity index (χ0) is 20.3. The van der Waals surface area contributed by atoms with E-state index < -0.39 is 6.36 Å². The molecular formula is C20H11Cl2F3O3. The molecule has 3 aromatic rings. The molecule has 0 fully saturated rings. The summed E-state index contributed by atoms with van der Waals surface area (Å²) in [5.74, 6) is -0.323. The van der Waals surface area contributed by atoms with Gasteiger partial charge in [-0.25, -0.2) is 0 Å². The Morgan fingerprint density at radius 3 is 2.50 bits per heavy atom. The van der Waals surface area contributed by atoms with Gasteiger partial charge in [-0.05, 0) is 54.6 Å². The van der Waals surface area contributed by atoms with Gasteiger partial charge >= 0.3 is 6.36 Å². The van der Waals surface area contributed by atoms with Crippen LogP contribution in [0.1, 0.15) is 16.1 Å². The second-order valence-electron chi connectivity index (χ2n) is 5.57. The van der Waals surface area contributed by atoms with Crippen LogP contribution in [-0.2, 0) is 0 Å². The number of ether oxygens (including phenoxy) is 1. The summed E-state index contributed by atoms with van der Waals surface area (Å²) in [6.07, 6.45) is -2.18. The lowest BCUT2D eigenvalue weighted by molar-refractivity contribution is -0.274. The molecular weight excluding hydrogens is 416 g/mol. The minimum absolute atomic E-state index is 0.131.